The van der Waals surface area contributed by atoms with E-state index in [9.17, 15) is 0 Å². The van der Waals surface area contributed by atoms with Crippen molar-refractivity contribution in [3.05, 3.63) is 66.7 Å². The van der Waals surface area contributed by atoms with E-state index in [1.165, 1.54) is 0 Å². The molecule has 0 atom stereocenters. The highest BCUT2D eigenvalue weighted by Gasteiger charge is 2.21. The molecule has 0 amide bonds. The smallest absolute Gasteiger partial charge is 0.227 e. The predicted octanol–water partition coefficient (Wildman–Crippen LogP) is 3.95. The topological polar surface area (TPSA) is 120 Å². The number of hydrogen-bond donors (Lipinski definition) is 3. The Kier molecular flexibility index (Phi) is 5.31. The number of nitrogens with zero attached hydrogens (tertiary/aromatic N) is 5. The lowest BCUT2D eigenvalue weighted by atomic mass is 9.92. The van der Waals surface area contributed by atoms with Gasteiger partial charge < -0.3 is 20.8 Å². The maximum absolute atomic E-state index is 6.07. The maximum atomic E-state index is 6.07. The molecule has 34 heavy (non-hydrogen) atoms. The lowest BCUT2D eigenvalue weighted by molar-refractivity contribution is 0.306. The minimum atomic E-state index is 0.292. The van der Waals surface area contributed by atoms with Crippen molar-refractivity contribution in [1.82, 2.24) is 29.5 Å². The van der Waals surface area contributed by atoms with Crippen molar-refractivity contribution in [3.63, 3.8) is 0 Å². The Balaban J connectivity index is 1.33. The highest BCUT2D eigenvalue weighted by atomic mass is 16.5. The highest BCUT2D eigenvalue weighted by Crippen LogP contribution is 2.27. The van der Waals surface area contributed by atoms with Crippen LogP contribution in [0, 0.1) is 0 Å². The summed E-state index contributed by atoms with van der Waals surface area (Å²) in [6, 6.07) is 16.6. The Morgan fingerprint density at radius 3 is 2.74 bits per heavy atom. The number of rotatable bonds is 6. The molecule has 1 fully saturated rings. The molecule has 6 rings (SSSR count). The molecule has 172 valence electrons. The first-order chi connectivity index (χ1) is 16.7. The maximum Gasteiger partial charge on any atom is 0.227 e. The lowest BCUT2D eigenvalue weighted by Gasteiger charge is -2.26. The zero-order valence-corrected chi connectivity index (χ0v) is 18.7. The van der Waals surface area contributed by atoms with Gasteiger partial charge in [0.25, 0.3) is 0 Å². The van der Waals surface area contributed by atoms with Crippen LogP contribution in [0.1, 0.15) is 31.2 Å². The summed E-state index contributed by atoms with van der Waals surface area (Å²) in [7, 11) is 0. The number of imidazole rings is 2. The van der Waals surface area contributed by atoms with Crippen LogP contribution in [-0.4, -0.2) is 41.6 Å². The van der Waals surface area contributed by atoms with Gasteiger partial charge in [-0.05, 0) is 43.4 Å². The Hall–Kier alpha value is -3.98. The van der Waals surface area contributed by atoms with E-state index in [0.29, 0.717) is 41.6 Å². The van der Waals surface area contributed by atoms with Gasteiger partial charge in [0.05, 0.1) is 17.4 Å². The first-order valence-corrected chi connectivity index (χ1v) is 11.6. The molecule has 0 radical (unpaired) electrons. The molecule has 0 bridgehead atoms. The molecule has 1 aliphatic carbocycles. The van der Waals surface area contributed by atoms with Crippen molar-refractivity contribution in [2.45, 2.75) is 44.4 Å². The Morgan fingerprint density at radius 1 is 1.03 bits per heavy atom. The van der Waals surface area contributed by atoms with E-state index < -0.39 is 0 Å². The van der Waals surface area contributed by atoms with Gasteiger partial charge in [-0.1, -0.05) is 30.3 Å². The van der Waals surface area contributed by atoms with Crippen LogP contribution in [-0.2, 0) is 6.61 Å². The van der Waals surface area contributed by atoms with Crippen molar-refractivity contribution in [2.75, 3.05) is 5.32 Å². The summed E-state index contributed by atoms with van der Waals surface area (Å²) in [4.78, 5) is 21.7. The van der Waals surface area contributed by atoms with Crippen molar-refractivity contribution in [3.8, 4) is 11.6 Å². The monoisotopic (exact) mass is 454 g/mol. The van der Waals surface area contributed by atoms with Gasteiger partial charge in [0, 0.05) is 18.2 Å². The first-order valence-electron chi connectivity index (χ1n) is 11.6. The van der Waals surface area contributed by atoms with Gasteiger partial charge in [-0.2, -0.15) is 9.97 Å². The van der Waals surface area contributed by atoms with Crippen LogP contribution >= 0.6 is 0 Å². The Bertz CT molecular complexity index is 1420. The minimum Gasteiger partial charge on any atom is -0.489 e. The fraction of sp³-hybridized carbons (Fsp3) is 0.280. The number of benzene rings is 2. The van der Waals surface area contributed by atoms with E-state index >= 15 is 0 Å². The summed E-state index contributed by atoms with van der Waals surface area (Å²) in [6.45, 7) is 0.497. The second-order valence-corrected chi connectivity index (χ2v) is 8.77. The van der Waals surface area contributed by atoms with Crippen LogP contribution < -0.4 is 15.8 Å². The third kappa shape index (κ3) is 4.06. The molecule has 5 aromatic rings. The second kappa shape index (κ2) is 8.75. The summed E-state index contributed by atoms with van der Waals surface area (Å²) < 4.78 is 7.99. The minimum absolute atomic E-state index is 0.292. The number of aromatic nitrogens is 6. The quantitative estimate of drug-likeness (QED) is 0.355. The molecule has 0 saturated heterocycles. The number of nitrogens with one attached hydrogen (secondary N) is 2. The SMILES string of the molecule is N[C@H]1CC[C@H](Nc2nc(-n3cnc4ccc(OCc5ccccc5)cc43)c3nc[nH]c3n2)CC1. The van der Waals surface area contributed by atoms with Gasteiger partial charge in [0.15, 0.2) is 17.0 Å². The average molecular weight is 455 g/mol. The van der Waals surface area contributed by atoms with Crippen molar-refractivity contribution in [2.24, 2.45) is 5.73 Å². The summed E-state index contributed by atoms with van der Waals surface area (Å²) in [5.41, 5.74) is 10.3. The van der Waals surface area contributed by atoms with Gasteiger partial charge in [-0.15, -0.1) is 0 Å². The normalized spacial score (nSPS) is 18.4. The second-order valence-electron chi connectivity index (χ2n) is 8.77. The molecule has 9 heteroatoms. The zero-order chi connectivity index (χ0) is 22.9. The van der Waals surface area contributed by atoms with E-state index in [1.54, 1.807) is 12.7 Å². The van der Waals surface area contributed by atoms with E-state index in [4.69, 9.17) is 15.5 Å². The van der Waals surface area contributed by atoms with Crippen LogP contribution in [0.25, 0.3) is 28.0 Å². The van der Waals surface area contributed by atoms with Crippen molar-refractivity contribution >= 4 is 28.1 Å². The van der Waals surface area contributed by atoms with Crippen LogP contribution in [0.15, 0.2) is 61.2 Å². The number of anilines is 1. The third-order valence-corrected chi connectivity index (χ3v) is 6.36. The molecule has 3 aromatic heterocycles. The highest BCUT2D eigenvalue weighted by molar-refractivity contribution is 5.85. The van der Waals surface area contributed by atoms with Gasteiger partial charge in [0.2, 0.25) is 5.95 Å². The molecule has 0 spiro atoms. The Morgan fingerprint density at radius 2 is 1.88 bits per heavy atom. The number of hydrogen-bond acceptors (Lipinski definition) is 7. The molecule has 3 heterocycles. The van der Waals surface area contributed by atoms with E-state index in [2.05, 4.69) is 25.3 Å². The molecule has 0 aliphatic heterocycles. The number of aromatic amines is 1. The van der Waals surface area contributed by atoms with Crippen molar-refractivity contribution < 1.29 is 4.74 Å². The van der Waals surface area contributed by atoms with E-state index in [0.717, 1.165) is 48.0 Å². The number of H-pyrrole nitrogens is 1. The zero-order valence-electron chi connectivity index (χ0n) is 18.7. The van der Waals surface area contributed by atoms with E-state index in [1.807, 2.05) is 53.1 Å². The van der Waals surface area contributed by atoms with Gasteiger partial charge in [0.1, 0.15) is 18.7 Å². The van der Waals surface area contributed by atoms with Crippen LogP contribution in [0.5, 0.6) is 5.75 Å². The summed E-state index contributed by atoms with van der Waals surface area (Å²) in [5, 5.41) is 3.50. The molecule has 9 nitrogen and oxygen atoms in total. The molecular weight excluding hydrogens is 428 g/mol. The van der Waals surface area contributed by atoms with Crippen LogP contribution in [0.2, 0.25) is 0 Å². The molecule has 1 aliphatic rings. The number of nitrogens with two attached hydrogens (primary N) is 1. The number of fused-ring (bicyclic) bond motifs is 2. The Labute approximate surface area is 196 Å². The fourth-order valence-corrected chi connectivity index (χ4v) is 4.49. The average Bonchev–Trinajstić information content (AvgIpc) is 3.51. The van der Waals surface area contributed by atoms with Gasteiger partial charge in [-0.3, -0.25) is 4.57 Å². The van der Waals surface area contributed by atoms with Gasteiger partial charge >= 0.3 is 0 Å². The largest absolute Gasteiger partial charge is 0.489 e. The molecular formula is C25H26N8O. The summed E-state index contributed by atoms with van der Waals surface area (Å²) in [6.07, 6.45) is 7.45. The predicted molar refractivity (Wildman–Crippen MR) is 131 cm³/mol. The fourth-order valence-electron chi connectivity index (χ4n) is 4.49. The van der Waals surface area contributed by atoms with Crippen LogP contribution in [0.4, 0.5) is 5.95 Å². The third-order valence-electron chi connectivity index (χ3n) is 6.36. The van der Waals surface area contributed by atoms with Crippen LogP contribution in [0.3, 0.4) is 0 Å². The first kappa shape index (κ1) is 20.6. The van der Waals surface area contributed by atoms with Gasteiger partial charge in [-0.25, -0.2) is 9.97 Å². The standard InChI is InChI=1S/C25H26N8O/c26-17-6-8-18(9-7-17)30-25-31-23-22(27-14-28-23)24(32-25)33-15-29-20-11-10-19(12-21(20)33)34-13-16-4-2-1-3-5-16/h1-5,10-12,14-15,17-18H,6-9,13,26H2,(H2,27,28,30,31,32)/t17-,18-. The lowest BCUT2D eigenvalue weighted by Crippen LogP contribution is -2.33. The number of ether oxygens (including phenoxy) is 1. The van der Waals surface area contributed by atoms with Crippen molar-refractivity contribution in [1.29, 1.82) is 0 Å². The summed E-state index contributed by atoms with van der Waals surface area (Å²) in [5.74, 6) is 2.01. The van der Waals surface area contributed by atoms with E-state index in [-0.39, 0.29) is 0 Å². The molecule has 4 N–H and O–H groups in total. The molecule has 2 aromatic carbocycles. The molecule has 1 saturated carbocycles. The summed E-state index contributed by atoms with van der Waals surface area (Å²) >= 11 is 0. The molecule has 0 unspecified atom stereocenters.